The molecule has 0 spiro atoms. The third-order valence-electron chi connectivity index (χ3n) is 11.6. The molecule has 0 bridgehead atoms. The molecular weight excluding hydrogens is 858 g/mol. The molecule has 0 aromatic carbocycles. The molecule has 2 unspecified atom stereocenters. The van der Waals surface area contributed by atoms with Crippen LogP contribution in [0.5, 0.6) is 0 Å². The van der Waals surface area contributed by atoms with E-state index in [4.69, 9.17) is 24.3 Å². The van der Waals surface area contributed by atoms with E-state index < -0.39 is 26.5 Å². The molecule has 0 rings (SSSR count). The zero-order valence-corrected chi connectivity index (χ0v) is 44.0. The number of carbonyl (C=O) groups is 2. The molecule has 67 heavy (non-hydrogen) atoms. The summed E-state index contributed by atoms with van der Waals surface area (Å²) >= 11 is 0. The highest BCUT2D eigenvalue weighted by Crippen LogP contribution is 2.43. The summed E-state index contributed by atoms with van der Waals surface area (Å²) in [5, 5.41) is 0. The average molecular weight is 960 g/mol. The Labute approximate surface area is 411 Å². The molecule has 0 aliphatic heterocycles. The zero-order chi connectivity index (χ0) is 48.8. The predicted octanol–water partition coefficient (Wildman–Crippen LogP) is 17.0. The Morgan fingerprint density at radius 2 is 0.821 bits per heavy atom. The summed E-state index contributed by atoms with van der Waals surface area (Å²) in [4.78, 5) is 35.1. The van der Waals surface area contributed by atoms with Crippen molar-refractivity contribution in [2.24, 2.45) is 5.73 Å². The van der Waals surface area contributed by atoms with Crippen LogP contribution in [0.4, 0.5) is 0 Å². The number of rotatable bonds is 51. The molecule has 0 aromatic rings. The van der Waals surface area contributed by atoms with E-state index in [1.807, 2.05) is 0 Å². The van der Waals surface area contributed by atoms with Crippen LogP contribution in [0.1, 0.15) is 245 Å². The van der Waals surface area contributed by atoms with E-state index in [9.17, 15) is 19.0 Å². The van der Waals surface area contributed by atoms with Crippen molar-refractivity contribution in [2.45, 2.75) is 251 Å². The molecule has 388 valence electrons. The number of phosphoric ester groups is 1. The smallest absolute Gasteiger partial charge is 0.462 e. The van der Waals surface area contributed by atoms with Gasteiger partial charge in [-0.3, -0.25) is 18.6 Å². The monoisotopic (exact) mass is 960 g/mol. The zero-order valence-electron chi connectivity index (χ0n) is 43.1. The van der Waals surface area contributed by atoms with Gasteiger partial charge < -0.3 is 20.1 Å². The SMILES string of the molecule is CC/C=C\C/C=C\C/C=C\C/C=C\CCCCCCCCCCCCC(=O)OC(COC(=O)CCCCCCCCCCCCC/C=C\C/C=C\CCCCCCC)COP(=O)(O)OCCN. The fourth-order valence-corrected chi connectivity index (χ4v) is 8.31. The second-order valence-electron chi connectivity index (χ2n) is 18.1. The summed E-state index contributed by atoms with van der Waals surface area (Å²) in [5.41, 5.74) is 5.38. The van der Waals surface area contributed by atoms with Crippen molar-refractivity contribution in [1.29, 1.82) is 0 Å². The number of unbranched alkanes of at least 4 members (excludes halogenated alkanes) is 26. The van der Waals surface area contributed by atoms with Crippen LogP contribution in [0.3, 0.4) is 0 Å². The Hall–Kier alpha value is -2.55. The highest BCUT2D eigenvalue weighted by Gasteiger charge is 2.26. The number of hydrogen-bond donors (Lipinski definition) is 2. The van der Waals surface area contributed by atoms with Crippen molar-refractivity contribution in [3.63, 3.8) is 0 Å². The lowest BCUT2D eigenvalue weighted by Crippen LogP contribution is -2.29. The molecule has 0 saturated heterocycles. The molecule has 3 N–H and O–H groups in total. The van der Waals surface area contributed by atoms with Gasteiger partial charge in [0.15, 0.2) is 6.10 Å². The fraction of sp³-hybridized carbons (Fsp3) is 0.754. The largest absolute Gasteiger partial charge is 0.472 e. The molecule has 0 saturated carbocycles. The third-order valence-corrected chi connectivity index (χ3v) is 12.6. The van der Waals surface area contributed by atoms with Crippen LogP contribution in [0.2, 0.25) is 0 Å². The van der Waals surface area contributed by atoms with Crippen molar-refractivity contribution in [3.05, 3.63) is 72.9 Å². The molecule has 0 heterocycles. The van der Waals surface area contributed by atoms with E-state index in [0.717, 1.165) is 77.0 Å². The van der Waals surface area contributed by atoms with Crippen molar-refractivity contribution in [2.75, 3.05) is 26.4 Å². The standard InChI is InChI=1S/C57H102NO8P/c1-3-5-7-9-11-13-15-17-19-21-23-25-27-29-31-33-35-37-39-41-43-45-47-49-56(59)63-53-55(54-65-67(61,62)64-52-51-58)66-57(60)50-48-46-44-42-40-38-36-34-32-30-28-26-24-22-20-18-16-14-12-10-8-6-4-2/h6,8,12,14-15,17-18,20-21,23-24,26,55H,3-5,7,9-11,13,16,19,22,25,27-54,58H2,1-2H3,(H,61,62)/b8-6-,14-12-,17-15-,20-18-,23-21-,26-24-. The van der Waals surface area contributed by atoms with Crippen molar-refractivity contribution < 1.29 is 37.6 Å². The molecule has 2 atom stereocenters. The van der Waals surface area contributed by atoms with Crippen LogP contribution in [-0.4, -0.2) is 49.3 Å². The Kier molecular flexibility index (Phi) is 50.8. The maximum Gasteiger partial charge on any atom is 0.472 e. The molecule has 0 fully saturated rings. The van der Waals surface area contributed by atoms with Crippen LogP contribution < -0.4 is 5.73 Å². The summed E-state index contributed by atoms with van der Waals surface area (Å²) in [6.45, 7) is 3.63. The fourth-order valence-electron chi connectivity index (χ4n) is 7.54. The Balaban J connectivity index is 4.02. The van der Waals surface area contributed by atoms with Gasteiger partial charge in [-0.25, -0.2) is 4.57 Å². The van der Waals surface area contributed by atoms with Gasteiger partial charge >= 0.3 is 19.8 Å². The first-order chi connectivity index (χ1) is 32.8. The Morgan fingerprint density at radius 3 is 1.22 bits per heavy atom. The van der Waals surface area contributed by atoms with E-state index in [1.54, 1.807) is 0 Å². The second-order valence-corrected chi connectivity index (χ2v) is 19.5. The molecule has 0 aliphatic rings. The minimum Gasteiger partial charge on any atom is -0.462 e. The summed E-state index contributed by atoms with van der Waals surface area (Å²) in [6, 6.07) is 0. The normalized spacial score (nSPS) is 13.7. The average Bonchev–Trinajstić information content (AvgIpc) is 3.32. The molecule has 0 aliphatic carbocycles. The van der Waals surface area contributed by atoms with Gasteiger partial charge in [0.2, 0.25) is 0 Å². The van der Waals surface area contributed by atoms with E-state index in [1.165, 1.54) is 135 Å². The van der Waals surface area contributed by atoms with Crippen LogP contribution in [-0.2, 0) is 32.7 Å². The van der Waals surface area contributed by atoms with Gasteiger partial charge in [0, 0.05) is 19.4 Å². The minimum absolute atomic E-state index is 0.0499. The number of nitrogens with two attached hydrogens (primary N) is 1. The van der Waals surface area contributed by atoms with Crippen molar-refractivity contribution >= 4 is 19.8 Å². The van der Waals surface area contributed by atoms with E-state index >= 15 is 0 Å². The number of esters is 2. The Bertz CT molecular complexity index is 1320. The predicted molar refractivity (Wildman–Crippen MR) is 284 cm³/mol. The lowest BCUT2D eigenvalue weighted by molar-refractivity contribution is -0.161. The summed E-state index contributed by atoms with van der Waals surface area (Å²) in [5.74, 6) is -0.832. The summed E-state index contributed by atoms with van der Waals surface area (Å²) < 4.78 is 33.0. The van der Waals surface area contributed by atoms with Crippen molar-refractivity contribution in [1.82, 2.24) is 0 Å². The quantitative estimate of drug-likeness (QED) is 0.0264. The van der Waals surface area contributed by atoms with Gasteiger partial charge in [-0.2, -0.15) is 0 Å². The number of phosphoric acid groups is 1. The van der Waals surface area contributed by atoms with Crippen LogP contribution in [0, 0.1) is 0 Å². The molecule has 0 radical (unpaired) electrons. The van der Waals surface area contributed by atoms with Gasteiger partial charge in [0.05, 0.1) is 13.2 Å². The highest BCUT2D eigenvalue weighted by atomic mass is 31.2. The first kappa shape index (κ1) is 64.5. The molecule has 9 nitrogen and oxygen atoms in total. The van der Waals surface area contributed by atoms with Crippen LogP contribution in [0.25, 0.3) is 0 Å². The van der Waals surface area contributed by atoms with Gasteiger partial charge in [0.25, 0.3) is 0 Å². The van der Waals surface area contributed by atoms with Gasteiger partial charge in [0.1, 0.15) is 6.61 Å². The lowest BCUT2D eigenvalue weighted by Gasteiger charge is -2.19. The molecule has 0 amide bonds. The third kappa shape index (κ3) is 52.7. The summed E-state index contributed by atoms with van der Waals surface area (Å²) in [7, 11) is -4.39. The second kappa shape index (κ2) is 52.8. The Morgan fingerprint density at radius 1 is 0.463 bits per heavy atom. The summed E-state index contributed by atoms with van der Waals surface area (Å²) in [6.07, 6.45) is 66.5. The number of ether oxygens (including phenoxy) is 2. The first-order valence-electron chi connectivity index (χ1n) is 27.4. The van der Waals surface area contributed by atoms with Crippen LogP contribution in [0.15, 0.2) is 72.9 Å². The first-order valence-corrected chi connectivity index (χ1v) is 28.9. The maximum absolute atomic E-state index is 12.7. The molecular formula is C57H102NO8P. The van der Waals surface area contributed by atoms with E-state index in [-0.39, 0.29) is 38.6 Å². The number of hydrogen-bond acceptors (Lipinski definition) is 8. The maximum atomic E-state index is 12.7. The highest BCUT2D eigenvalue weighted by molar-refractivity contribution is 7.47. The van der Waals surface area contributed by atoms with E-state index in [2.05, 4.69) is 86.8 Å². The topological polar surface area (TPSA) is 134 Å². The number of carbonyl (C=O) groups excluding carboxylic acids is 2. The number of allylic oxidation sites excluding steroid dienone is 12. The molecule has 10 heteroatoms. The molecule has 0 aromatic heterocycles. The van der Waals surface area contributed by atoms with E-state index in [0.29, 0.717) is 6.42 Å². The minimum atomic E-state index is -4.39. The van der Waals surface area contributed by atoms with Gasteiger partial charge in [-0.15, -0.1) is 0 Å². The van der Waals surface area contributed by atoms with Gasteiger partial charge in [-0.05, 0) is 83.5 Å². The van der Waals surface area contributed by atoms with Gasteiger partial charge in [-0.1, -0.05) is 222 Å². The van der Waals surface area contributed by atoms with Crippen molar-refractivity contribution in [3.8, 4) is 0 Å². The lowest BCUT2D eigenvalue weighted by atomic mass is 10.0. The van der Waals surface area contributed by atoms with Crippen LogP contribution >= 0.6 is 7.82 Å².